The number of hydrogen-bond acceptors (Lipinski definition) is 7. The van der Waals surface area contributed by atoms with Gasteiger partial charge in [0.2, 0.25) is 4.96 Å². The number of carbonyl (C=O) groups is 1. The zero-order chi connectivity index (χ0) is 18.8. The second-order valence-corrected chi connectivity index (χ2v) is 6.62. The van der Waals surface area contributed by atoms with Crippen LogP contribution in [0, 0.1) is 0 Å². The zero-order valence-corrected chi connectivity index (χ0v) is 14.7. The number of primary amides is 1. The Bertz CT molecular complexity index is 1230. The first-order chi connectivity index (χ1) is 13.1. The Morgan fingerprint density at radius 2 is 2.07 bits per heavy atom. The Balaban J connectivity index is 1.69. The maximum Gasteiger partial charge on any atom is 0.291 e. The number of aromatic nitrogens is 4. The molecule has 0 aliphatic heterocycles. The van der Waals surface area contributed by atoms with Crippen molar-refractivity contribution in [2.75, 3.05) is 6.61 Å². The SMILES string of the molecule is NC(=O)COc1cccc(/C=c2\sc3nc(-c4ccncc4)nn3c2=O)c1. The van der Waals surface area contributed by atoms with Gasteiger partial charge in [0, 0.05) is 18.0 Å². The van der Waals surface area contributed by atoms with Crippen molar-refractivity contribution in [2.45, 2.75) is 0 Å². The standard InChI is InChI=1S/C18H13N5O3S/c19-15(24)10-26-13-3-1-2-11(8-13)9-14-17(25)23-18(27-14)21-16(22-23)12-4-6-20-7-5-12/h1-9H,10H2,(H2,19,24)/b14-9-. The van der Waals surface area contributed by atoms with Gasteiger partial charge in [-0.2, -0.15) is 9.50 Å². The predicted molar refractivity (Wildman–Crippen MR) is 100 cm³/mol. The number of nitrogens with two attached hydrogens (primary N) is 1. The minimum absolute atomic E-state index is 0.204. The molecular formula is C18H13N5O3S. The van der Waals surface area contributed by atoms with E-state index >= 15 is 0 Å². The number of benzene rings is 1. The Morgan fingerprint density at radius 3 is 2.81 bits per heavy atom. The van der Waals surface area contributed by atoms with E-state index in [1.54, 1.807) is 48.8 Å². The summed E-state index contributed by atoms with van der Waals surface area (Å²) in [6, 6.07) is 10.6. The third-order valence-electron chi connectivity index (χ3n) is 3.66. The molecule has 134 valence electrons. The summed E-state index contributed by atoms with van der Waals surface area (Å²) < 4.78 is 7.07. The number of hydrogen-bond donors (Lipinski definition) is 1. The quantitative estimate of drug-likeness (QED) is 0.544. The zero-order valence-electron chi connectivity index (χ0n) is 13.9. The van der Waals surface area contributed by atoms with Crippen molar-refractivity contribution < 1.29 is 9.53 Å². The maximum atomic E-state index is 12.6. The number of nitrogens with zero attached hydrogens (tertiary/aromatic N) is 4. The number of pyridine rings is 1. The molecule has 3 aromatic heterocycles. The lowest BCUT2D eigenvalue weighted by Gasteiger charge is -2.03. The van der Waals surface area contributed by atoms with Crippen LogP contribution in [0.15, 0.2) is 53.6 Å². The third-order valence-corrected chi connectivity index (χ3v) is 4.62. The molecule has 2 N–H and O–H groups in total. The van der Waals surface area contributed by atoms with Crippen molar-refractivity contribution in [1.29, 1.82) is 0 Å². The van der Waals surface area contributed by atoms with Gasteiger partial charge in [-0.3, -0.25) is 14.6 Å². The molecule has 0 saturated heterocycles. The lowest BCUT2D eigenvalue weighted by atomic mass is 10.2. The Kier molecular flexibility index (Phi) is 4.35. The molecule has 0 atom stereocenters. The molecule has 0 spiro atoms. The van der Waals surface area contributed by atoms with Crippen molar-refractivity contribution in [3.05, 3.63) is 69.2 Å². The van der Waals surface area contributed by atoms with Crippen LogP contribution in [0.5, 0.6) is 5.75 Å². The molecule has 8 nitrogen and oxygen atoms in total. The van der Waals surface area contributed by atoms with E-state index in [0.717, 1.165) is 11.1 Å². The molecule has 0 radical (unpaired) electrons. The monoisotopic (exact) mass is 379 g/mol. The highest BCUT2D eigenvalue weighted by atomic mass is 32.1. The first-order valence-corrected chi connectivity index (χ1v) is 8.75. The van der Waals surface area contributed by atoms with Crippen molar-refractivity contribution in [3.63, 3.8) is 0 Å². The summed E-state index contributed by atoms with van der Waals surface area (Å²) in [7, 11) is 0. The van der Waals surface area contributed by atoms with E-state index in [2.05, 4.69) is 15.1 Å². The van der Waals surface area contributed by atoms with Crippen molar-refractivity contribution in [2.24, 2.45) is 5.73 Å². The van der Waals surface area contributed by atoms with Gasteiger partial charge in [-0.05, 0) is 35.9 Å². The van der Waals surface area contributed by atoms with Crippen LogP contribution in [0.2, 0.25) is 0 Å². The second kappa shape index (κ2) is 6.96. The molecule has 1 aromatic carbocycles. The third kappa shape index (κ3) is 3.53. The van der Waals surface area contributed by atoms with Gasteiger partial charge in [0.25, 0.3) is 11.5 Å². The smallest absolute Gasteiger partial charge is 0.291 e. The summed E-state index contributed by atoms with van der Waals surface area (Å²) in [5.41, 5.74) is 6.39. The van der Waals surface area contributed by atoms with Gasteiger partial charge in [-0.1, -0.05) is 23.5 Å². The van der Waals surface area contributed by atoms with Crippen molar-refractivity contribution in [3.8, 4) is 17.1 Å². The van der Waals surface area contributed by atoms with E-state index in [0.29, 0.717) is 21.1 Å². The van der Waals surface area contributed by atoms with E-state index in [-0.39, 0.29) is 12.2 Å². The van der Waals surface area contributed by atoms with Gasteiger partial charge in [-0.15, -0.1) is 5.10 Å². The first kappa shape index (κ1) is 16.9. The summed E-state index contributed by atoms with van der Waals surface area (Å²) >= 11 is 1.25. The van der Waals surface area contributed by atoms with Crippen LogP contribution < -0.4 is 20.6 Å². The van der Waals surface area contributed by atoms with E-state index < -0.39 is 5.91 Å². The summed E-state index contributed by atoms with van der Waals surface area (Å²) in [4.78, 5) is 32.3. The summed E-state index contributed by atoms with van der Waals surface area (Å²) in [6.45, 7) is -0.204. The van der Waals surface area contributed by atoms with Crippen molar-refractivity contribution >= 4 is 28.3 Å². The van der Waals surface area contributed by atoms with Gasteiger partial charge < -0.3 is 10.5 Å². The topological polar surface area (TPSA) is 112 Å². The van der Waals surface area contributed by atoms with Gasteiger partial charge in [-0.25, -0.2) is 0 Å². The first-order valence-electron chi connectivity index (χ1n) is 7.93. The number of amides is 1. The molecule has 4 aromatic rings. The number of rotatable bonds is 5. The molecule has 0 unspecified atom stereocenters. The van der Waals surface area contributed by atoms with E-state index in [4.69, 9.17) is 10.5 Å². The second-order valence-electron chi connectivity index (χ2n) is 5.61. The lowest BCUT2D eigenvalue weighted by Crippen LogP contribution is -2.23. The number of thiazole rings is 1. The Morgan fingerprint density at radius 1 is 1.26 bits per heavy atom. The molecule has 3 heterocycles. The summed E-state index contributed by atoms with van der Waals surface area (Å²) in [6.07, 6.45) is 5.02. The van der Waals surface area contributed by atoms with E-state index in [9.17, 15) is 9.59 Å². The lowest BCUT2D eigenvalue weighted by molar-refractivity contribution is -0.119. The van der Waals surface area contributed by atoms with Crippen LogP contribution in [0.4, 0.5) is 0 Å². The average molecular weight is 379 g/mol. The normalized spacial score (nSPS) is 11.8. The fourth-order valence-electron chi connectivity index (χ4n) is 2.46. The van der Waals surface area contributed by atoms with Crippen LogP contribution >= 0.6 is 11.3 Å². The minimum Gasteiger partial charge on any atom is -0.484 e. The van der Waals surface area contributed by atoms with Crippen LogP contribution in [0.3, 0.4) is 0 Å². The van der Waals surface area contributed by atoms with Crippen LogP contribution in [0.1, 0.15) is 5.56 Å². The molecule has 27 heavy (non-hydrogen) atoms. The largest absolute Gasteiger partial charge is 0.484 e. The Hall–Kier alpha value is -3.59. The highest BCUT2D eigenvalue weighted by Gasteiger charge is 2.11. The molecule has 0 saturated carbocycles. The number of fused-ring (bicyclic) bond motifs is 1. The fourth-order valence-corrected chi connectivity index (χ4v) is 3.36. The van der Waals surface area contributed by atoms with Crippen LogP contribution in [-0.4, -0.2) is 32.1 Å². The molecule has 0 aliphatic carbocycles. The summed E-state index contributed by atoms with van der Waals surface area (Å²) in [5, 5.41) is 4.29. The fraction of sp³-hybridized carbons (Fsp3) is 0.0556. The molecule has 4 rings (SSSR count). The molecule has 0 bridgehead atoms. The van der Waals surface area contributed by atoms with E-state index in [1.165, 1.54) is 15.9 Å². The van der Waals surface area contributed by atoms with Gasteiger partial charge in [0.15, 0.2) is 12.4 Å². The number of ether oxygens (including phenoxy) is 1. The molecular weight excluding hydrogens is 366 g/mol. The highest BCUT2D eigenvalue weighted by molar-refractivity contribution is 7.15. The number of carbonyl (C=O) groups excluding carboxylic acids is 1. The summed E-state index contributed by atoms with van der Waals surface area (Å²) in [5.74, 6) is 0.422. The predicted octanol–water partition coefficient (Wildman–Crippen LogP) is 0.625. The van der Waals surface area contributed by atoms with Crippen LogP contribution in [0.25, 0.3) is 22.4 Å². The maximum absolute atomic E-state index is 12.6. The molecule has 9 heteroatoms. The van der Waals surface area contributed by atoms with Gasteiger partial charge in [0.1, 0.15) is 5.75 Å². The van der Waals surface area contributed by atoms with E-state index in [1.807, 2.05) is 6.07 Å². The van der Waals surface area contributed by atoms with Gasteiger partial charge >= 0.3 is 0 Å². The van der Waals surface area contributed by atoms with Crippen LogP contribution in [-0.2, 0) is 4.79 Å². The van der Waals surface area contributed by atoms with Gasteiger partial charge in [0.05, 0.1) is 4.53 Å². The molecule has 0 fully saturated rings. The molecule has 1 amide bonds. The van der Waals surface area contributed by atoms with Crippen molar-refractivity contribution in [1.82, 2.24) is 19.6 Å². The Labute approximate surface area is 156 Å². The minimum atomic E-state index is -0.554. The molecule has 0 aliphatic rings. The highest BCUT2D eigenvalue weighted by Crippen LogP contribution is 2.16. The average Bonchev–Trinajstić information content (AvgIpc) is 3.21.